The van der Waals surface area contributed by atoms with E-state index in [0.29, 0.717) is 6.54 Å². The maximum absolute atomic E-state index is 12.4. The van der Waals surface area contributed by atoms with Gasteiger partial charge in [-0.05, 0) is 29.5 Å². The predicted octanol–water partition coefficient (Wildman–Crippen LogP) is 5.36. The highest BCUT2D eigenvalue weighted by Gasteiger charge is 2.15. The van der Waals surface area contributed by atoms with Gasteiger partial charge in [0.1, 0.15) is 0 Å². The fourth-order valence-electron chi connectivity index (χ4n) is 2.91. The Hall–Kier alpha value is -2.72. The van der Waals surface area contributed by atoms with Gasteiger partial charge in [-0.25, -0.2) is 4.79 Å². The Morgan fingerprint density at radius 3 is 1.96 bits per heavy atom. The van der Waals surface area contributed by atoms with Gasteiger partial charge in [0.05, 0.1) is 5.69 Å². The first kappa shape index (κ1) is 18.1. The van der Waals surface area contributed by atoms with Crippen LogP contribution in [0.5, 0.6) is 0 Å². The highest BCUT2D eigenvalue weighted by Crippen LogP contribution is 2.25. The number of thioether (sulfide) groups is 1. The number of benzene rings is 3. The van der Waals surface area contributed by atoms with Gasteiger partial charge in [0, 0.05) is 17.4 Å². The smallest absolute Gasteiger partial charge is 0.319 e. The number of hydrogen-bond acceptors (Lipinski definition) is 2. The number of anilines is 1. The zero-order valence-electron chi connectivity index (χ0n) is 14.7. The van der Waals surface area contributed by atoms with Crippen LogP contribution in [-0.4, -0.2) is 18.8 Å². The molecule has 0 fully saturated rings. The van der Waals surface area contributed by atoms with E-state index >= 15 is 0 Å². The van der Waals surface area contributed by atoms with Crippen molar-refractivity contribution in [2.75, 3.05) is 18.1 Å². The molecular weight excluding hydrogens is 340 g/mol. The minimum absolute atomic E-state index is 0.110. The zero-order valence-corrected chi connectivity index (χ0v) is 15.5. The fraction of sp³-hybridized carbons (Fsp3) is 0.136. The van der Waals surface area contributed by atoms with Gasteiger partial charge in [-0.3, -0.25) is 0 Å². The molecule has 0 radical (unpaired) electrons. The van der Waals surface area contributed by atoms with Crippen LogP contribution in [0.1, 0.15) is 17.0 Å². The lowest BCUT2D eigenvalue weighted by atomic mass is 9.91. The summed E-state index contributed by atoms with van der Waals surface area (Å²) in [7, 11) is 0. The normalized spacial score (nSPS) is 10.5. The summed E-state index contributed by atoms with van der Waals surface area (Å²) in [6.45, 7) is 0.529. The zero-order chi connectivity index (χ0) is 18.2. The van der Waals surface area contributed by atoms with Crippen molar-refractivity contribution >= 4 is 23.5 Å². The molecule has 0 bridgehead atoms. The molecule has 4 heteroatoms. The van der Waals surface area contributed by atoms with Crippen LogP contribution in [0.25, 0.3) is 0 Å². The van der Waals surface area contributed by atoms with E-state index in [1.54, 1.807) is 11.8 Å². The summed E-state index contributed by atoms with van der Waals surface area (Å²) in [5.41, 5.74) is 3.19. The van der Waals surface area contributed by atoms with Crippen LogP contribution < -0.4 is 10.6 Å². The van der Waals surface area contributed by atoms with E-state index in [2.05, 4.69) is 34.9 Å². The SMILES string of the molecule is CSc1ccccc1NC(=O)NCC(c1ccccc1)c1ccccc1. The highest BCUT2D eigenvalue weighted by atomic mass is 32.2. The molecule has 0 unspecified atom stereocenters. The van der Waals surface area contributed by atoms with Crippen molar-refractivity contribution in [1.82, 2.24) is 5.32 Å². The summed E-state index contributed by atoms with van der Waals surface area (Å²) in [5, 5.41) is 5.97. The monoisotopic (exact) mass is 362 g/mol. The highest BCUT2D eigenvalue weighted by molar-refractivity contribution is 7.98. The lowest BCUT2D eigenvalue weighted by Crippen LogP contribution is -2.32. The van der Waals surface area contributed by atoms with Gasteiger partial charge in [0.25, 0.3) is 0 Å². The molecule has 3 nitrogen and oxygen atoms in total. The van der Waals surface area contributed by atoms with Crippen LogP contribution in [0.2, 0.25) is 0 Å². The third kappa shape index (κ3) is 4.67. The second kappa shape index (κ2) is 9.11. The maximum atomic E-state index is 12.4. The van der Waals surface area contributed by atoms with Crippen LogP contribution in [0, 0.1) is 0 Å². The largest absolute Gasteiger partial charge is 0.337 e. The summed E-state index contributed by atoms with van der Waals surface area (Å²) < 4.78 is 0. The van der Waals surface area contributed by atoms with Crippen LogP contribution in [-0.2, 0) is 0 Å². The van der Waals surface area contributed by atoms with Crippen LogP contribution in [0.3, 0.4) is 0 Å². The number of para-hydroxylation sites is 1. The third-order valence-corrected chi connectivity index (χ3v) is 5.02. The van der Waals surface area contributed by atoms with E-state index in [1.807, 2.05) is 66.9 Å². The van der Waals surface area contributed by atoms with Crippen molar-refractivity contribution in [3.8, 4) is 0 Å². The standard InChI is InChI=1S/C22H22N2OS/c1-26-21-15-9-8-14-20(21)24-22(25)23-16-19(17-10-4-2-5-11-17)18-12-6-3-7-13-18/h2-15,19H,16H2,1H3,(H2,23,24,25). The van der Waals surface area contributed by atoms with Crippen LogP contribution >= 0.6 is 11.8 Å². The van der Waals surface area contributed by atoms with Gasteiger partial charge in [-0.15, -0.1) is 11.8 Å². The Morgan fingerprint density at radius 1 is 0.846 bits per heavy atom. The van der Waals surface area contributed by atoms with Gasteiger partial charge in [0.2, 0.25) is 0 Å². The van der Waals surface area contributed by atoms with Gasteiger partial charge in [-0.2, -0.15) is 0 Å². The first-order chi connectivity index (χ1) is 12.8. The summed E-state index contributed by atoms with van der Waals surface area (Å²) in [6, 6.07) is 28.1. The van der Waals surface area contributed by atoms with E-state index in [-0.39, 0.29) is 11.9 Å². The Bertz CT molecular complexity index is 798. The predicted molar refractivity (Wildman–Crippen MR) is 110 cm³/mol. The molecule has 26 heavy (non-hydrogen) atoms. The lowest BCUT2D eigenvalue weighted by molar-refractivity contribution is 0.251. The van der Waals surface area contributed by atoms with Crippen LogP contribution in [0.15, 0.2) is 89.8 Å². The number of urea groups is 1. The maximum Gasteiger partial charge on any atom is 0.319 e. The molecule has 2 amide bonds. The quantitative estimate of drug-likeness (QED) is 0.579. The Kier molecular flexibility index (Phi) is 6.34. The lowest BCUT2D eigenvalue weighted by Gasteiger charge is -2.19. The molecule has 0 spiro atoms. The minimum atomic E-state index is -0.191. The third-order valence-electron chi connectivity index (χ3n) is 4.23. The first-order valence-corrected chi connectivity index (χ1v) is 9.78. The minimum Gasteiger partial charge on any atom is -0.337 e. The number of carbonyl (C=O) groups is 1. The topological polar surface area (TPSA) is 41.1 Å². The molecule has 0 aromatic heterocycles. The van der Waals surface area contributed by atoms with E-state index in [1.165, 1.54) is 11.1 Å². The molecule has 0 heterocycles. The molecule has 2 N–H and O–H groups in total. The molecule has 0 saturated carbocycles. The van der Waals surface area contributed by atoms with Gasteiger partial charge in [-0.1, -0.05) is 72.8 Å². The average Bonchev–Trinajstić information content (AvgIpc) is 2.70. The fourth-order valence-corrected chi connectivity index (χ4v) is 3.46. The molecule has 3 aromatic rings. The Morgan fingerprint density at radius 2 is 1.38 bits per heavy atom. The first-order valence-electron chi connectivity index (χ1n) is 8.55. The molecule has 3 aromatic carbocycles. The van der Waals surface area contributed by atoms with Gasteiger partial charge >= 0.3 is 6.03 Å². The van der Waals surface area contributed by atoms with Crippen molar-refractivity contribution in [1.29, 1.82) is 0 Å². The Labute approximate surface area is 158 Å². The second-order valence-corrected chi connectivity index (χ2v) is 6.76. The van der Waals surface area contributed by atoms with Crippen molar-refractivity contribution in [3.05, 3.63) is 96.1 Å². The van der Waals surface area contributed by atoms with E-state index in [4.69, 9.17) is 0 Å². The van der Waals surface area contributed by atoms with Crippen LogP contribution in [0.4, 0.5) is 10.5 Å². The molecule has 132 valence electrons. The molecule has 0 saturated heterocycles. The van der Waals surface area contributed by atoms with Crippen molar-refractivity contribution in [2.24, 2.45) is 0 Å². The average molecular weight is 362 g/mol. The molecule has 0 aliphatic rings. The number of carbonyl (C=O) groups excluding carboxylic acids is 1. The van der Waals surface area contributed by atoms with Gasteiger partial charge < -0.3 is 10.6 Å². The van der Waals surface area contributed by atoms with E-state index < -0.39 is 0 Å². The van der Waals surface area contributed by atoms with E-state index in [9.17, 15) is 4.79 Å². The summed E-state index contributed by atoms with van der Waals surface area (Å²) in [4.78, 5) is 13.5. The number of rotatable bonds is 6. The van der Waals surface area contributed by atoms with Gasteiger partial charge in [0.15, 0.2) is 0 Å². The number of amides is 2. The summed E-state index contributed by atoms with van der Waals surface area (Å²) in [5.74, 6) is 0.110. The van der Waals surface area contributed by atoms with Crippen molar-refractivity contribution in [3.63, 3.8) is 0 Å². The molecule has 0 atom stereocenters. The molecule has 0 aliphatic heterocycles. The molecule has 3 rings (SSSR count). The summed E-state index contributed by atoms with van der Waals surface area (Å²) in [6.07, 6.45) is 2.00. The van der Waals surface area contributed by atoms with Crippen molar-refractivity contribution in [2.45, 2.75) is 10.8 Å². The number of hydrogen-bond donors (Lipinski definition) is 2. The Balaban J connectivity index is 1.71. The molecular formula is C22H22N2OS. The van der Waals surface area contributed by atoms with E-state index in [0.717, 1.165) is 10.6 Å². The second-order valence-electron chi connectivity index (χ2n) is 5.91. The van der Waals surface area contributed by atoms with Crippen molar-refractivity contribution < 1.29 is 4.79 Å². The number of nitrogens with one attached hydrogen (secondary N) is 2. The summed E-state index contributed by atoms with van der Waals surface area (Å²) >= 11 is 1.61. The molecule has 0 aliphatic carbocycles.